The summed E-state index contributed by atoms with van der Waals surface area (Å²) in [5.41, 5.74) is -1.21. The molecule has 1 N–H and O–H groups in total. The van der Waals surface area contributed by atoms with Crippen molar-refractivity contribution in [2.45, 2.75) is 76.7 Å². The van der Waals surface area contributed by atoms with Gasteiger partial charge >= 0.3 is 5.97 Å². The molecule has 1 saturated heterocycles. The highest BCUT2D eigenvalue weighted by molar-refractivity contribution is 5.77. The minimum Gasteiger partial charge on any atom is -0.479 e. The van der Waals surface area contributed by atoms with Crippen molar-refractivity contribution in [3.8, 4) is 0 Å². The van der Waals surface area contributed by atoms with E-state index in [4.69, 9.17) is 4.89 Å². The van der Waals surface area contributed by atoms with Gasteiger partial charge in [-0.2, -0.15) is 4.89 Å². The number of carbonyl (C=O) groups is 1. The number of rotatable bonds is 10. The fourth-order valence-electron chi connectivity index (χ4n) is 2.33. The summed E-state index contributed by atoms with van der Waals surface area (Å²) in [5.74, 6) is -0.959. The van der Waals surface area contributed by atoms with Crippen LogP contribution in [0.15, 0.2) is 0 Å². The van der Waals surface area contributed by atoms with Crippen molar-refractivity contribution < 1.29 is 24.7 Å². The Kier molecular flexibility index (Phi) is 8.02. The molecular weight excluding hydrogens is 248 g/mol. The van der Waals surface area contributed by atoms with Crippen LogP contribution in [0.1, 0.15) is 71.1 Å². The van der Waals surface area contributed by atoms with Crippen LogP contribution in [0.4, 0.5) is 0 Å². The van der Waals surface area contributed by atoms with Crippen LogP contribution in [0.5, 0.6) is 0 Å². The fourth-order valence-corrected chi connectivity index (χ4v) is 2.33. The molecule has 5 nitrogen and oxygen atoms in total. The Balaban J connectivity index is 2.10. The van der Waals surface area contributed by atoms with Gasteiger partial charge in [-0.15, -0.1) is 0 Å². The van der Waals surface area contributed by atoms with Crippen LogP contribution in [0, 0.1) is 0 Å². The first kappa shape index (κ1) is 16.4. The lowest BCUT2D eigenvalue weighted by Crippen LogP contribution is -2.45. The lowest BCUT2D eigenvalue weighted by molar-refractivity contribution is -0.563. The number of carboxylic acid groups (broad SMARTS) is 1. The average molecular weight is 274 g/mol. The topological polar surface area (TPSA) is 65.0 Å². The number of carboxylic acids is 1. The number of hydrogen-bond donors (Lipinski definition) is 1. The second-order valence-corrected chi connectivity index (χ2v) is 5.25. The maximum atomic E-state index is 11.3. The van der Waals surface area contributed by atoms with Crippen LogP contribution in [-0.4, -0.2) is 23.3 Å². The zero-order chi connectivity index (χ0) is 14.0. The van der Waals surface area contributed by atoms with Gasteiger partial charge in [0.2, 0.25) is 5.60 Å². The van der Waals surface area contributed by atoms with Gasteiger partial charge in [-0.3, -0.25) is 0 Å². The second-order valence-electron chi connectivity index (χ2n) is 5.25. The van der Waals surface area contributed by atoms with E-state index >= 15 is 0 Å². The highest BCUT2D eigenvalue weighted by atomic mass is 17.5. The van der Waals surface area contributed by atoms with E-state index in [2.05, 4.69) is 16.8 Å². The van der Waals surface area contributed by atoms with Gasteiger partial charge in [-0.05, 0) is 12.8 Å². The smallest absolute Gasteiger partial charge is 0.339 e. The van der Waals surface area contributed by atoms with Crippen LogP contribution in [0.25, 0.3) is 0 Å². The molecule has 1 aliphatic heterocycles. The minimum absolute atomic E-state index is 0.267. The first-order chi connectivity index (χ1) is 9.21. The zero-order valence-corrected chi connectivity index (χ0v) is 11.9. The van der Waals surface area contributed by atoms with Gasteiger partial charge in [-0.25, -0.2) is 9.68 Å². The monoisotopic (exact) mass is 274 g/mol. The molecule has 1 fully saturated rings. The summed E-state index contributed by atoms with van der Waals surface area (Å²) >= 11 is 0. The molecule has 0 aromatic rings. The normalized spacial score (nSPS) is 23.4. The highest BCUT2D eigenvalue weighted by Gasteiger charge is 2.43. The quantitative estimate of drug-likeness (QED) is 0.487. The molecule has 1 heterocycles. The predicted octanol–water partition coefficient (Wildman–Crippen LogP) is 3.62. The molecule has 0 aromatic carbocycles. The predicted molar refractivity (Wildman–Crippen MR) is 70.3 cm³/mol. The van der Waals surface area contributed by atoms with Crippen LogP contribution < -0.4 is 0 Å². The number of aliphatic carboxylic acids is 1. The van der Waals surface area contributed by atoms with Crippen LogP contribution in [0.2, 0.25) is 0 Å². The van der Waals surface area contributed by atoms with Gasteiger partial charge in [0.1, 0.15) is 0 Å². The average Bonchev–Trinajstić information content (AvgIpc) is 2.42. The van der Waals surface area contributed by atoms with E-state index in [-0.39, 0.29) is 6.61 Å². The van der Waals surface area contributed by atoms with Crippen molar-refractivity contribution in [2.24, 2.45) is 0 Å². The first-order valence-electron chi connectivity index (χ1n) is 7.42. The van der Waals surface area contributed by atoms with Crippen LogP contribution in [0.3, 0.4) is 0 Å². The SMILES string of the molecule is CCCCCCCCCCC1(C(=O)O)CCOOO1. The highest BCUT2D eigenvalue weighted by Crippen LogP contribution is 2.28. The Bertz CT molecular complexity index is 248. The van der Waals surface area contributed by atoms with Crippen molar-refractivity contribution in [2.75, 3.05) is 6.61 Å². The maximum absolute atomic E-state index is 11.3. The largest absolute Gasteiger partial charge is 0.479 e. The minimum atomic E-state index is -1.21. The van der Waals surface area contributed by atoms with Gasteiger partial charge in [0, 0.05) is 6.42 Å². The van der Waals surface area contributed by atoms with E-state index in [0.717, 1.165) is 19.3 Å². The molecule has 0 radical (unpaired) electrons. The molecule has 112 valence electrons. The Morgan fingerprint density at radius 2 is 1.74 bits per heavy atom. The third-order valence-electron chi connectivity index (χ3n) is 3.65. The molecular formula is C14H26O5. The maximum Gasteiger partial charge on any atom is 0.339 e. The standard InChI is InChI=1S/C14H26O5/c1-2-3-4-5-6-7-8-9-10-14(13(15)16)11-12-17-19-18-14/h2-12H2,1H3,(H,15,16). The molecule has 0 saturated carbocycles. The summed E-state index contributed by atoms with van der Waals surface area (Å²) in [6.45, 7) is 2.48. The van der Waals surface area contributed by atoms with Crippen molar-refractivity contribution in [1.82, 2.24) is 0 Å². The molecule has 0 aromatic heterocycles. The Hall–Kier alpha value is -0.650. The van der Waals surface area contributed by atoms with Crippen LogP contribution >= 0.6 is 0 Å². The first-order valence-corrected chi connectivity index (χ1v) is 7.42. The molecule has 0 amide bonds. The van der Waals surface area contributed by atoms with E-state index in [0.29, 0.717) is 12.8 Å². The van der Waals surface area contributed by atoms with E-state index < -0.39 is 11.6 Å². The van der Waals surface area contributed by atoms with Crippen molar-refractivity contribution in [3.63, 3.8) is 0 Å². The summed E-state index contributed by atoms with van der Waals surface area (Å²) in [5, 5.41) is 13.6. The van der Waals surface area contributed by atoms with Gasteiger partial charge in [0.15, 0.2) is 0 Å². The summed E-state index contributed by atoms with van der Waals surface area (Å²) in [7, 11) is 0. The van der Waals surface area contributed by atoms with Gasteiger partial charge in [-0.1, -0.05) is 56.9 Å². The number of hydrogen-bond acceptors (Lipinski definition) is 4. The molecule has 1 unspecified atom stereocenters. The molecule has 19 heavy (non-hydrogen) atoms. The third-order valence-corrected chi connectivity index (χ3v) is 3.65. The fraction of sp³-hybridized carbons (Fsp3) is 0.929. The number of unbranched alkanes of at least 4 members (excludes halogenated alkanes) is 7. The molecule has 1 rings (SSSR count). The Labute approximate surface area is 115 Å². The molecule has 5 heteroatoms. The third kappa shape index (κ3) is 5.89. The van der Waals surface area contributed by atoms with Crippen molar-refractivity contribution in [3.05, 3.63) is 0 Å². The lowest BCUT2D eigenvalue weighted by atomic mass is 9.92. The molecule has 1 aliphatic rings. The van der Waals surface area contributed by atoms with Crippen molar-refractivity contribution in [1.29, 1.82) is 0 Å². The van der Waals surface area contributed by atoms with Gasteiger partial charge in [0.25, 0.3) is 0 Å². The Morgan fingerprint density at radius 3 is 2.26 bits per heavy atom. The second kappa shape index (κ2) is 9.28. The molecule has 0 aliphatic carbocycles. The summed E-state index contributed by atoms with van der Waals surface area (Å²) < 4.78 is 0. The van der Waals surface area contributed by atoms with Crippen LogP contribution in [-0.2, 0) is 19.6 Å². The Morgan fingerprint density at radius 1 is 1.11 bits per heavy atom. The van der Waals surface area contributed by atoms with E-state index in [9.17, 15) is 9.90 Å². The van der Waals surface area contributed by atoms with Gasteiger partial charge in [0.05, 0.1) is 6.61 Å². The molecule has 0 bridgehead atoms. The van der Waals surface area contributed by atoms with Gasteiger partial charge < -0.3 is 5.11 Å². The van der Waals surface area contributed by atoms with Crippen molar-refractivity contribution >= 4 is 5.97 Å². The summed E-state index contributed by atoms with van der Waals surface area (Å²) in [6.07, 6.45) is 10.3. The van der Waals surface area contributed by atoms with E-state index in [1.165, 1.54) is 32.1 Å². The molecule has 0 spiro atoms. The van der Waals surface area contributed by atoms with E-state index in [1.54, 1.807) is 0 Å². The zero-order valence-electron chi connectivity index (χ0n) is 11.9. The van der Waals surface area contributed by atoms with E-state index in [1.807, 2.05) is 0 Å². The summed E-state index contributed by atoms with van der Waals surface area (Å²) in [4.78, 5) is 20.7. The molecule has 1 atom stereocenters. The lowest BCUT2D eigenvalue weighted by Gasteiger charge is -2.30. The summed E-state index contributed by atoms with van der Waals surface area (Å²) in [6, 6.07) is 0.